The molecule has 0 saturated heterocycles. The van der Waals surface area contributed by atoms with Crippen molar-refractivity contribution in [1.82, 2.24) is 9.88 Å². The zero-order valence-corrected chi connectivity index (χ0v) is 17.3. The number of rotatable bonds is 5. The number of ether oxygens (including phenoxy) is 1. The van der Waals surface area contributed by atoms with Crippen molar-refractivity contribution >= 4 is 34.4 Å². The van der Waals surface area contributed by atoms with Gasteiger partial charge in [-0.25, -0.2) is 4.98 Å². The van der Waals surface area contributed by atoms with Gasteiger partial charge in [0.1, 0.15) is 5.75 Å². The predicted octanol–water partition coefficient (Wildman–Crippen LogP) is 4.00. The van der Waals surface area contributed by atoms with Crippen LogP contribution < -0.4 is 10.1 Å². The highest BCUT2D eigenvalue weighted by Gasteiger charge is 2.25. The number of nitrogens with zero attached hydrogens (tertiary/aromatic N) is 2. The van der Waals surface area contributed by atoms with Crippen LogP contribution in [0.4, 0.5) is 5.13 Å². The second-order valence-electron chi connectivity index (χ2n) is 6.83. The first-order chi connectivity index (χ1) is 14.6. The molecule has 1 aliphatic rings. The Hall–Kier alpha value is -3.45. The molecule has 3 aromatic rings. The Balaban J connectivity index is 1.38. The van der Waals surface area contributed by atoms with Gasteiger partial charge in [0.2, 0.25) is 5.91 Å². The predicted molar refractivity (Wildman–Crippen MR) is 118 cm³/mol. The largest absolute Gasteiger partial charge is 0.497 e. The van der Waals surface area contributed by atoms with E-state index in [0.29, 0.717) is 30.2 Å². The number of methoxy groups -OCH3 is 1. The maximum absolute atomic E-state index is 12.7. The van der Waals surface area contributed by atoms with Crippen molar-refractivity contribution < 1.29 is 14.3 Å². The van der Waals surface area contributed by atoms with E-state index in [0.717, 1.165) is 21.9 Å². The Morgan fingerprint density at radius 1 is 1.13 bits per heavy atom. The molecule has 0 fully saturated rings. The van der Waals surface area contributed by atoms with Gasteiger partial charge in [-0.1, -0.05) is 41.7 Å². The molecule has 152 valence electrons. The zero-order chi connectivity index (χ0) is 20.9. The molecule has 6 nitrogen and oxygen atoms in total. The van der Waals surface area contributed by atoms with Gasteiger partial charge in [-0.15, -0.1) is 0 Å². The number of thiazole rings is 1. The summed E-state index contributed by atoms with van der Waals surface area (Å²) in [4.78, 5) is 32.3. The highest BCUT2D eigenvalue weighted by atomic mass is 32.1. The molecule has 0 aliphatic carbocycles. The van der Waals surface area contributed by atoms with Crippen LogP contribution in [-0.4, -0.2) is 35.4 Å². The van der Waals surface area contributed by atoms with Crippen LogP contribution in [0, 0.1) is 0 Å². The summed E-state index contributed by atoms with van der Waals surface area (Å²) in [7, 11) is 1.61. The molecule has 1 aliphatic heterocycles. The fourth-order valence-corrected chi connectivity index (χ4v) is 4.25. The smallest absolute Gasteiger partial charge is 0.254 e. The first-order valence-electron chi connectivity index (χ1n) is 9.58. The lowest BCUT2D eigenvalue weighted by molar-refractivity contribution is -0.111. The van der Waals surface area contributed by atoms with Gasteiger partial charge in [-0.2, -0.15) is 0 Å². The number of carbonyl (C=O) groups is 2. The first-order valence-corrected chi connectivity index (χ1v) is 10.4. The summed E-state index contributed by atoms with van der Waals surface area (Å²) in [5.74, 6) is 0.543. The van der Waals surface area contributed by atoms with Crippen molar-refractivity contribution in [1.29, 1.82) is 0 Å². The Morgan fingerprint density at radius 3 is 2.63 bits per heavy atom. The Labute approximate surface area is 178 Å². The third-order valence-electron chi connectivity index (χ3n) is 4.81. The van der Waals surface area contributed by atoms with Crippen LogP contribution in [0.15, 0.2) is 60.7 Å². The van der Waals surface area contributed by atoms with E-state index >= 15 is 0 Å². The van der Waals surface area contributed by atoms with E-state index in [1.807, 2.05) is 59.5 Å². The fourth-order valence-electron chi connectivity index (χ4n) is 3.22. The minimum Gasteiger partial charge on any atom is -0.497 e. The molecule has 2 amide bonds. The van der Waals surface area contributed by atoms with Gasteiger partial charge >= 0.3 is 0 Å². The molecule has 1 aromatic heterocycles. The molecule has 0 saturated carbocycles. The second kappa shape index (κ2) is 8.92. The van der Waals surface area contributed by atoms with Crippen LogP contribution in [0.5, 0.6) is 5.75 Å². The summed E-state index contributed by atoms with van der Waals surface area (Å²) >= 11 is 1.42. The number of fused-ring (bicyclic) bond motifs is 1. The molecule has 4 rings (SSSR count). The average Bonchev–Trinajstić information content (AvgIpc) is 3.19. The minimum atomic E-state index is -0.242. The molecule has 1 N–H and O–H groups in total. The molecule has 0 unspecified atom stereocenters. The molecule has 0 atom stereocenters. The Bertz CT molecular complexity index is 1070. The Morgan fingerprint density at radius 2 is 1.90 bits per heavy atom. The first kappa shape index (κ1) is 19.8. The minimum absolute atomic E-state index is 0.0164. The number of benzene rings is 2. The number of amides is 2. The average molecular weight is 420 g/mol. The Kier molecular flexibility index (Phi) is 5.90. The summed E-state index contributed by atoms with van der Waals surface area (Å²) < 4.78 is 5.13. The number of carbonyl (C=O) groups excluding carboxylic acids is 2. The lowest BCUT2D eigenvalue weighted by atomic mass is 10.1. The molecule has 0 radical (unpaired) electrons. The molecule has 2 heterocycles. The van der Waals surface area contributed by atoms with Crippen LogP contribution in [0.2, 0.25) is 0 Å². The van der Waals surface area contributed by atoms with Crippen molar-refractivity contribution in [3.05, 3.63) is 82.4 Å². The standard InChI is InChI=1S/C23H21N3O3S/c1-29-18-10-7-16(8-11-18)9-12-21(27)25-23-24-19-13-14-26(15-20(19)30-23)22(28)17-5-3-2-4-6-17/h2-12H,13-15H2,1H3,(H,24,25,27)/b12-9+. The van der Waals surface area contributed by atoms with Gasteiger partial charge in [0, 0.05) is 29.5 Å². The summed E-state index contributed by atoms with van der Waals surface area (Å²) in [6.45, 7) is 1.13. The third kappa shape index (κ3) is 4.58. The van der Waals surface area contributed by atoms with Crippen LogP contribution in [0.3, 0.4) is 0 Å². The van der Waals surface area contributed by atoms with E-state index < -0.39 is 0 Å². The number of hydrogen-bond donors (Lipinski definition) is 1. The van der Waals surface area contributed by atoms with Gasteiger partial charge in [0.05, 0.1) is 19.3 Å². The highest BCUT2D eigenvalue weighted by Crippen LogP contribution is 2.29. The van der Waals surface area contributed by atoms with Crippen LogP contribution in [-0.2, 0) is 17.8 Å². The molecule has 30 heavy (non-hydrogen) atoms. The molecule has 2 aromatic carbocycles. The fraction of sp³-hybridized carbons (Fsp3) is 0.174. The molecular formula is C23H21N3O3S. The number of anilines is 1. The van der Waals surface area contributed by atoms with E-state index in [9.17, 15) is 9.59 Å². The van der Waals surface area contributed by atoms with Crippen molar-refractivity contribution in [2.75, 3.05) is 19.0 Å². The van der Waals surface area contributed by atoms with Gasteiger partial charge in [-0.3, -0.25) is 14.9 Å². The normalized spacial score (nSPS) is 13.2. The third-order valence-corrected chi connectivity index (χ3v) is 5.81. The highest BCUT2D eigenvalue weighted by molar-refractivity contribution is 7.15. The topological polar surface area (TPSA) is 71.5 Å². The maximum atomic E-state index is 12.7. The number of aromatic nitrogens is 1. The summed E-state index contributed by atoms with van der Waals surface area (Å²) in [5.41, 5.74) is 2.54. The van der Waals surface area contributed by atoms with E-state index in [2.05, 4.69) is 10.3 Å². The maximum Gasteiger partial charge on any atom is 0.254 e. The lowest BCUT2D eigenvalue weighted by Crippen LogP contribution is -2.35. The molecule has 0 spiro atoms. The zero-order valence-electron chi connectivity index (χ0n) is 16.5. The van der Waals surface area contributed by atoms with Gasteiger partial charge < -0.3 is 9.64 Å². The van der Waals surface area contributed by atoms with E-state index in [-0.39, 0.29) is 11.8 Å². The number of nitrogens with one attached hydrogen (secondary N) is 1. The molecular weight excluding hydrogens is 398 g/mol. The summed E-state index contributed by atoms with van der Waals surface area (Å²) in [5, 5.41) is 3.38. The van der Waals surface area contributed by atoms with Crippen molar-refractivity contribution in [3.63, 3.8) is 0 Å². The van der Waals surface area contributed by atoms with Crippen molar-refractivity contribution in [2.45, 2.75) is 13.0 Å². The van der Waals surface area contributed by atoms with Gasteiger partial charge in [0.15, 0.2) is 5.13 Å². The van der Waals surface area contributed by atoms with E-state index in [1.165, 1.54) is 17.4 Å². The number of hydrogen-bond acceptors (Lipinski definition) is 5. The van der Waals surface area contributed by atoms with Crippen molar-refractivity contribution in [3.8, 4) is 5.75 Å². The molecule has 7 heteroatoms. The van der Waals surface area contributed by atoms with Crippen LogP contribution >= 0.6 is 11.3 Å². The monoisotopic (exact) mass is 419 g/mol. The van der Waals surface area contributed by atoms with Gasteiger partial charge in [0.25, 0.3) is 5.91 Å². The van der Waals surface area contributed by atoms with E-state index in [4.69, 9.17) is 4.74 Å². The molecule has 0 bridgehead atoms. The SMILES string of the molecule is COc1ccc(/C=C/C(=O)Nc2nc3c(s2)CN(C(=O)c2ccccc2)CC3)cc1. The van der Waals surface area contributed by atoms with Crippen molar-refractivity contribution in [2.24, 2.45) is 0 Å². The lowest BCUT2D eigenvalue weighted by Gasteiger charge is -2.26. The van der Waals surface area contributed by atoms with Gasteiger partial charge in [-0.05, 0) is 35.9 Å². The summed E-state index contributed by atoms with van der Waals surface area (Å²) in [6.07, 6.45) is 3.90. The van der Waals surface area contributed by atoms with Crippen LogP contribution in [0.25, 0.3) is 6.08 Å². The van der Waals surface area contributed by atoms with Crippen LogP contribution in [0.1, 0.15) is 26.5 Å². The second-order valence-corrected chi connectivity index (χ2v) is 7.91. The quantitative estimate of drug-likeness (QED) is 0.635. The van der Waals surface area contributed by atoms with E-state index in [1.54, 1.807) is 13.2 Å². The summed E-state index contributed by atoms with van der Waals surface area (Å²) in [6, 6.07) is 16.7.